The van der Waals surface area contributed by atoms with Crippen molar-refractivity contribution < 1.29 is 5.11 Å². The molecular weight excluding hydrogens is 453 g/mol. The number of nitrogens with one attached hydrogen (secondary N) is 2. The first-order valence-corrected chi connectivity index (χ1v) is 9.83. The van der Waals surface area contributed by atoms with Gasteiger partial charge in [-0.1, -0.05) is 26.0 Å². The van der Waals surface area contributed by atoms with Crippen LogP contribution < -0.4 is 10.6 Å². The Hall–Kier alpha value is -2.26. The Bertz CT molecular complexity index is 889. The molecule has 1 aromatic carbocycles. The molecule has 2 aromatic heterocycles. The minimum absolute atomic E-state index is 0.0114. The van der Waals surface area contributed by atoms with E-state index in [1.807, 2.05) is 56.3 Å². The van der Waals surface area contributed by atoms with Gasteiger partial charge >= 0.3 is 0 Å². The Morgan fingerprint density at radius 2 is 1.93 bits per heavy atom. The molecule has 0 bridgehead atoms. The molecule has 2 heterocycles. The van der Waals surface area contributed by atoms with Crippen LogP contribution in [0.3, 0.4) is 0 Å². The number of aromatic nitrogens is 3. The highest BCUT2D eigenvalue weighted by atomic mass is 127. The summed E-state index contributed by atoms with van der Waals surface area (Å²) in [6.07, 6.45) is 3.50. The van der Waals surface area contributed by atoms with Gasteiger partial charge in [-0.15, -0.1) is 0 Å². The molecule has 0 saturated carbocycles. The largest absolute Gasteiger partial charge is 0.394 e. The summed E-state index contributed by atoms with van der Waals surface area (Å²) in [4.78, 5) is 13.4. The minimum atomic E-state index is -0.126. The third-order valence-corrected chi connectivity index (χ3v) is 5.08. The first-order valence-electron chi connectivity index (χ1n) is 8.75. The van der Waals surface area contributed by atoms with Gasteiger partial charge in [0.25, 0.3) is 0 Å². The molecule has 7 heteroatoms. The lowest BCUT2D eigenvalue weighted by atomic mass is 10.1. The Kier molecular flexibility index (Phi) is 6.57. The molecule has 0 saturated heterocycles. The summed E-state index contributed by atoms with van der Waals surface area (Å²) in [5, 5.41) is 16.2. The van der Waals surface area contributed by atoms with Gasteiger partial charge in [0, 0.05) is 27.6 Å². The van der Waals surface area contributed by atoms with E-state index in [2.05, 4.69) is 48.2 Å². The van der Waals surface area contributed by atoms with Crippen molar-refractivity contribution in [2.24, 2.45) is 5.92 Å². The van der Waals surface area contributed by atoms with Gasteiger partial charge in [-0.3, -0.25) is 4.98 Å². The maximum atomic E-state index is 9.64. The summed E-state index contributed by atoms with van der Waals surface area (Å²) in [5.41, 5.74) is 2.63. The molecule has 0 aliphatic rings. The Labute approximate surface area is 172 Å². The van der Waals surface area contributed by atoms with E-state index in [9.17, 15) is 5.11 Å². The van der Waals surface area contributed by atoms with E-state index in [4.69, 9.17) is 0 Å². The highest BCUT2D eigenvalue weighted by Crippen LogP contribution is 2.26. The second-order valence-electron chi connectivity index (χ2n) is 6.49. The molecule has 3 N–H and O–H groups in total. The van der Waals surface area contributed by atoms with Crippen molar-refractivity contribution in [3.05, 3.63) is 58.4 Å². The number of nitrogens with zero attached hydrogens (tertiary/aromatic N) is 3. The molecule has 0 radical (unpaired) electrons. The van der Waals surface area contributed by atoms with Crippen molar-refractivity contribution in [3.63, 3.8) is 0 Å². The van der Waals surface area contributed by atoms with Crippen LogP contribution in [0.5, 0.6) is 0 Å². The van der Waals surface area contributed by atoms with Gasteiger partial charge < -0.3 is 15.7 Å². The summed E-state index contributed by atoms with van der Waals surface area (Å²) >= 11 is 2.29. The van der Waals surface area contributed by atoms with Crippen molar-refractivity contribution in [2.75, 3.05) is 17.2 Å². The first-order chi connectivity index (χ1) is 13.1. The number of hydrogen-bond donors (Lipinski definition) is 3. The summed E-state index contributed by atoms with van der Waals surface area (Å²) in [7, 11) is 0. The molecule has 0 amide bonds. The number of anilines is 3. The highest BCUT2D eigenvalue weighted by Gasteiger charge is 2.15. The van der Waals surface area contributed by atoms with E-state index in [0.717, 1.165) is 20.5 Å². The highest BCUT2D eigenvalue weighted by molar-refractivity contribution is 14.1. The third kappa shape index (κ3) is 5.14. The van der Waals surface area contributed by atoms with Crippen molar-refractivity contribution >= 4 is 40.0 Å². The number of hydrogen-bond acceptors (Lipinski definition) is 6. The van der Waals surface area contributed by atoms with Crippen LogP contribution in [-0.2, 0) is 0 Å². The van der Waals surface area contributed by atoms with Gasteiger partial charge in [-0.05, 0) is 52.8 Å². The van der Waals surface area contributed by atoms with Crippen LogP contribution in [0.25, 0.3) is 11.3 Å². The number of benzene rings is 1. The predicted molar refractivity (Wildman–Crippen MR) is 117 cm³/mol. The second-order valence-corrected chi connectivity index (χ2v) is 7.65. The number of rotatable bonds is 7. The van der Waals surface area contributed by atoms with Crippen molar-refractivity contribution in [1.82, 2.24) is 15.0 Å². The van der Waals surface area contributed by atoms with Crippen LogP contribution in [0.15, 0.2) is 54.9 Å². The molecule has 0 aliphatic carbocycles. The smallest absolute Gasteiger partial charge is 0.225 e. The molecule has 0 fully saturated rings. The zero-order valence-corrected chi connectivity index (χ0v) is 17.4. The normalized spacial score (nSPS) is 12.0. The van der Waals surface area contributed by atoms with E-state index in [-0.39, 0.29) is 18.6 Å². The molecular formula is C20H22IN5O. The molecule has 0 spiro atoms. The van der Waals surface area contributed by atoms with E-state index < -0.39 is 0 Å². The number of pyridine rings is 1. The zero-order valence-electron chi connectivity index (χ0n) is 15.2. The predicted octanol–water partition coefficient (Wildman–Crippen LogP) is 4.32. The Balaban J connectivity index is 1.99. The Morgan fingerprint density at radius 1 is 1.11 bits per heavy atom. The van der Waals surface area contributed by atoms with Crippen LogP contribution in [0.1, 0.15) is 13.8 Å². The van der Waals surface area contributed by atoms with E-state index in [1.165, 1.54) is 0 Å². The molecule has 0 aliphatic heterocycles. The average molecular weight is 475 g/mol. The molecule has 0 unspecified atom stereocenters. The summed E-state index contributed by atoms with van der Waals surface area (Å²) < 4.78 is 1.10. The van der Waals surface area contributed by atoms with Gasteiger partial charge in [0.05, 0.1) is 24.0 Å². The van der Waals surface area contributed by atoms with Gasteiger partial charge in [0.1, 0.15) is 5.82 Å². The summed E-state index contributed by atoms with van der Waals surface area (Å²) in [6, 6.07) is 13.6. The number of para-hydroxylation sites is 1. The first kappa shape index (κ1) is 19.5. The van der Waals surface area contributed by atoms with Crippen LogP contribution in [-0.4, -0.2) is 32.7 Å². The number of aliphatic hydroxyl groups is 1. The quantitative estimate of drug-likeness (QED) is 0.442. The van der Waals surface area contributed by atoms with Crippen LogP contribution in [0.2, 0.25) is 0 Å². The van der Waals surface area contributed by atoms with E-state index >= 15 is 0 Å². The Morgan fingerprint density at radius 3 is 2.59 bits per heavy atom. The van der Waals surface area contributed by atoms with Crippen LogP contribution in [0, 0.1) is 9.49 Å². The number of halogens is 1. The molecule has 27 heavy (non-hydrogen) atoms. The monoisotopic (exact) mass is 475 g/mol. The summed E-state index contributed by atoms with van der Waals surface area (Å²) in [6.45, 7) is 4.10. The molecule has 3 aromatic rings. The third-order valence-electron chi connectivity index (χ3n) is 4.14. The van der Waals surface area contributed by atoms with Gasteiger partial charge in [-0.2, -0.15) is 4.98 Å². The van der Waals surface area contributed by atoms with Crippen LogP contribution in [0.4, 0.5) is 17.5 Å². The fraction of sp³-hybridized carbons (Fsp3) is 0.250. The molecule has 6 nitrogen and oxygen atoms in total. The minimum Gasteiger partial charge on any atom is -0.394 e. The number of aliphatic hydroxyl groups excluding tert-OH is 1. The fourth-order valence-electron chi connectivity index (χ4n) is 2.53. The maximum Gasteiger partial charge on any atom is 0.225 e. The lowest BCUT2D eigenvalue weighted by Gasteiger charge is -2.20. The SMILES string of the molecule is CC(C)[C@@H](CO)Nc1nc(Nc2ccccc2I)cc(-c2cccnc2)n1. The summed E-state index contributed by atoms with van der Waals surface area (Å²) in [5.74, 6) is 1.39. The molecule has 140 valence electrons. The molecule has 3 rings (SSSR count). The fourth-order valence-corrected chi connectivity index (χ4v) is 3.05. The van der Waals surface area contributed by atoms with Crippen LogP contribution >= 0.6 is 22.6 Å². The average Bonchev–Trinajstić information content (AvgIpc) is 2.68. The van der Waals surface area contributed by atoms with Gasteiger partial charge in [-0.25, -0.2) is 4.98 Å². The van der Waals surface area contributed by atoms with Crippen molar-refractivity contribution in [3.8, 4) is 11.3 Å². The van der Waals surface area contributed by atoms with Crippen molar-refractivity contribution in [1.29, 1.82) is 0 Å². The maximum absolute atomic E-state index is 9.64. The zero-order chi connectivity index (χ0) is 19.2. The van der Waals surface area contributed by atoms with Gasteiger partial charge in [0.2, 0.25) is 5.95 Å². The van der Waals surface area contributed by atoms with Crippen molar-refractivity contribution in [2.45, 2.75) is 19.9 Å². The topological polar surface area (TPSA) is 83.0 Å². The molecule has 1 atom stereocenters. The second kappa shape index (κ2) is 9.09. The standard InChI is InChI=1S/C20H22IN5O/c1-13(2)18(12-27)25-20-24-17(14-6-5-9-22-11-14)10-19(26-20)23-16-8-4-3-7-15(16)21/h3-11,13,18,27H,12H2,1-2H3,(H2,23,24,25,26)/t18-/m1/s1. The lowest BCUT2D eigenvalue weighted by Crippen LogP contribution is -2.30. The van der Waals surface area contributed by atoms with Gasteiger partial charge in [0.15, 0.2) is 0 Å². The van der Waals surface area contributed by atoms with E-state index in [1.54, 1.807) is 12.4 Å². The van der Waals surface area contributed by atoms with E-state index in [0.29, 0.717) is 11.8 Å². The lowest BCUT2D eigenvalue weighted by molar-refractivity contribution is 0.248.